The highest BCUT2D eigenvalue weighted by Crippen LogP contribution is 2.33. The zero-order valence-corrected chi connectivity index (χ0v) is 11.3. The lowest BCUT2D eigenvalue weighted by Crippen LogP contribution is -2.39. The van der Waals surface area contributed by atoms with Crippen LogP contribution in [-0.2, 0) is 6.54 Å². The molecule has 1 saturated carbocycles. The molecule has 0 aliphatic heterocycles. The third-order valence-corrected chi connectivity index (χ3v) is 4.27. The van der Waals surface area contributed by atoms with Gasteiger partial charge in [0.25, 0.3) is 0 Å². The maximum Gasteiger partial charge on any atom is 0.0205 e. The van der Waals surface area contributed by atoms with E-state index < -0.39 is 0 Å². The molecular weight excluding hydrogens is 220 g/mol. The summed E-state index contributed by atoms with van der Waals surface area (Å²) in [5.74, 6) is 0. The average Bonchev–Trinajstić information content (AvgIpc) is 2.66. The molecule has 3 N–H and O–H groups in total. The highest BCUT2D eigenvalue weighted by molar-refractivity contribution is 5.14. The smallest absolute Gasteiger partial charge is 0.0205 e. The van der Waals surface area contributed by atoms with Crippen LogP contribution >= 0.6 is 0 Å². The standard InChI is InChI=1S/C16H26N2/c17-13-16(10-6-1-2-7-11-16)14-18-12-15-8-4-3-5-9-15/h3-5,8-9,18H,1-2,6-7,10-14,17H2. The lowest BCUT2D eigenvalue weighted by atomic mass is 9.80. The van der Waals surface area contributed by atoms with E-state index in [-0.39, 0.29) is 0 Å². The van der Waals surface area contributed by atoms with Crippen molar-refractivity contribution in [2.24, 2.45) is 11.1 Å². The summed E-state index contributed by atoms with van der Waals surface area (Å²) in [7, 11) is 0. The molecule has 0 atom stereocenters. The van der Waals surface area contributed by atoms with Gasteiger partial charge >= 0.3 is 0 Å². The van der Waals surface area contributed by atoms with Gasteiger partial charge in [0.2, 0.25) is 0 Å². The first-order chi connectivity index (χ1) is 8.85. The van der Waals surface area contributed by atoms with E-state index in [0.717, 1.165) is 19.6 Å². The molecule has 18 heavy (non-hydrogen) atoms. The Bertz CT molecular complexity index is 326. The zero-order chi connectivity index (χ0) is 12.7. The molecular formula is C16H26N2. The minimum Gasteiger partial charge on any atom is -0.330 e. The summed E-state index contributed by atoms with van der Waals surface area (Å²) in [6.07, 6.45) is 8.08. The Labute approximate surface area is 111 Å². The molecule has 0 bridgehead atoms. The number of benzene rings is 1. The fourth-order valence-electron chi connectivity index (χ4n) is 3.00. The molecule has 0 saturated heterocycles. The summed E-state index contributed by atoms with van der Waals surface area (Å²) in [5, 5.41) is 3.61. The van der Waals surface area contributed by atoms with Gasteiger partial charge in [-0.1, -0.05) is 56.0 Å². The highest BCUT2D eigenvalue weighted by atomic mass is 14.9. The maximum atomic E-state index is 6.05. The van der Waals surface area contributed by atoms with E-state index in [9.17, 15) is 0 Å². The van der Waals surface area contributed by atoms with Crippen LogP contribution in [0.25, 0.3) is 0 Å². The molecule has 0 amide bonds. The number of rotatable bonds is 5. The number of hydrogen-bond donors (Lipinski definition) is 2. The van der Waals surface area contributed by atoms with Crippen LogP contribution in [0.1, 0.15) is 44.1 Å². The van der Waals surface area contributed by atoms with Crippen LogP contribution in [-0.4, -0.2) is 13.1 Å². The predicted octanol–water partition coefficient (Wildman–Crippen LogP) is 3.08. The molecule has 100 valence electrons. The lowest BCUT2D eigenvalue weighted by molar-refractivity contribution is 0.242. The molecule has 0 radical (unpaired) electrons. The highest BCUT2D eigenvalue weighted by Gasteiger charge is 2.28. The van der Waals surface area contributed by atoms with Crippen molar-refractivity contribution in [2.45, 2.75) is 45.1 Å². The third kappa shape index (κ3) is 3.82. The SMILES string of the molecule is NCC1(CNCc2ccccc2)CCCCCC1. The van der Waals surface area contributed by atoms with Gasteiger partial charge in [-0.05, 0) is 30.4 Å². The molecule has 2 rings (SSSR count). The van der Waals surface area contributed by atoms with Crippen molar-refractivity contribution in [3.05, 3.63) is 35.9 Å². The summed E-state index contributed by atoms with van der Waals surface area (Å²) >= 11 is 0. The van der Waals surface area contributed by atoms with E-state index in [1.54, 1.807) is 0 Å². The average molecular weight is 246 g/mol. The molecule has 1 aromatic rings. The number of nitrogens with two attached hydrogens (primary N) is 1. The summed E-state index contributed by atoms with van der Waals surface area (Å²) in [6, 6.07) is 10.6. The number of nitrogens with one attached hydrogen (secondary N) is 1. The van der Waals surface area contributed by atoms with Gasteiger partial charge in [-0.15, -0.1) is 0 Å². The van der Waals surface area contributed by atoms with Crippen LogP contribution in [0.2, 0.25) is 0 Å². The van der Waals surface area contributed by atoms with E-state index in [1.807, 2.05) is 0 Å². The normalized spacial score (nSPS) is 19.4. The van der Waals surface area contributed by atoms with Gasteiger partial charge in [-0.25, -0.2) is 0 Å². The van der Waals surface area contributed by atoms with Gasteiger partial charge in [0.1, 0.15) is 0 Å². The molecule has 1 fully saturated rings. The van der Waals surface area contributed by atoms with Crippen LogP contribution in [0.15, 0.2) is 30.3 Å². The second-order valence-electron chi connectivity index (χ2n) is 5.71. The number of hydrogen-bond acceptors (Lipinski definition) is 2. The minimum atomic E-state index is 0.352. The van der Waals surface area contributed by atoms with Crippen molar-refractivity contribution >= 4 is 0 Å². The quantitative estimate of drug-likeness (QED) is 0.784. The zero-order valence-electron chi connectivity index (χ0n) is 11.3. The van der Waals surface area contributed by atoms with Gasteiger partial charge in [-0.2, -0.15) is 0 Å². The third-order valence-electron chi connectivity index (χ3n) is 4.27. The molecule has 0 spiro atoms. The van der Waals surface area contributed by atoms with Gasteiger partial charge < -0.3 is 11.1 Å². The second-order valence-corrected chi connectivity index (χ2v) is 5.71. The Balaban J connectivity index is 1.83. The Morgan fingerprint density at radius 1 is 1.00 bits per heavy atom. The van der Waals surface area contributed by atoms with Crippen LogP contribution in [0.4, 0.5) is 0 Å². The summed E-state index contributed by atoms with van der Waals surface area (Å²) in [5.41, 5.74) is 7.76. The summed E-state index contributed by atoms with van der Waals surface area (Å²) < 4.78 is 0. The van der Waals surface area contributed by atoms with E-state index in [1.165, 1.54) is 44.1 Å². The largest absolute Gasteiger partial charge is 0.330 e. The summed E-state index contributed by atoms with van der Waals surface area (Å²) in [4.78, 5) is 0. The van der Waals surface area contributed by atoms with Crippen molar-refractivity contribution in [3.63, 3.8) is 0 Å². The topological polar surface area (TPSA) is 38.0 Å². The maximum absolute atomic E-state index is 6.05. The summed E-state index contributed by atoms with van der Waals surface area (Å²) in [6.45, 7) is 2.86. The lowest BCUT2D eigenvalue weighted by Gasteiger charge is -2.31. The van der Waals surface area contributed by atoms with Crippen molar-refractivity contribution in [1.29, 1.82) is 0 Å². The monoisotopic (exact) mass is 246 g/mol. The first-order valence-electron chi connectivity index (χ1n) is 7.29. The van der Waals surface area contributed by atoms with E-state index >= 15 is 0 Å². The van der Waals surface area contributed by atoms with E-state index in [2.05, 4.69) is 35.6 Å². The Kier molecular flexibility index (Phi) is 5.21. The van der Waals surface area contributed by atoms with E-state index in [4.69, 9.17) is 5.73 Å². The fraction of sp³-hybridized carbons (Fsp3) is 0.625. The molecule has 0 unspecified atom stereocenters. The second kappa shape index (κ2) is 6.91. The fourth-order valence-corrected chi connectivity index (χ4v) is 3.00. The molecule has 2 heteroatoms. The van der Waals surface area contributed by atoms with Crippen molar-refractivity contribution in [3.8, 4) is 0 Å². The van der Waals surface area contributed by atoms with Crippen molar-refractivity contribution in [2.75, 3.05) is 13.1 Å². The molecule has 1 aromatic carbocycles. The van der Waals surface area contributed by atoms with Crippen molar-refractivity contribution in [1.82, 2.24) is 5.32 Å². The van der Waals surface area contributed by atoms with Gasteiger partial charge in [0.05, 0.1) is 0 Å². The van der Waals surface area contributed by atoms with Gasteiger partial charge in [-0.3, -0.25) is 0 Å². The molecule has 1 aliphatic carbocycles. The molecule has 0 aromatic heterocycles. The van der Waals surface area contributed by atoms with Crippen LogP contribution < -0.4 is 11.1 Å². The van der Waals surface area contributed by atoms with Crippen LogP contribution in [0.3, 0.4) is 0 Å². The Morgan fingerprint density at radius 3 is 2.28 bits per heavy atom. The van der Waals surface area contributed by atoms with Crippen molar-refractivity contribution < 1.29 is 0 Å². The molecule has 1 aliphatic rings. The predicted molar refractivity (Wildman–Crippen MR) is 77.3 cm³/mol. The molecule has 2 nitrogen and oxygen atoms in total. The molecule has 0 heterocycles. The van der Waals surface area contributed by atoms with E-state index in [0.29, 0.717) is 5.41 Å². The van der Waals surface area contributed by atoms with Crippen LogP contribution in [0, 0.1) is 5.41 Å². The van der Waals surface area contributed by atoms with Gasteiger partial charge in [0, 0.05) is 13.1 Å². The Hall–Kier alpha value is -0.860. The van der Waals surface area contributed by atoms with Gasteiger partial charge in [0.15, 0.2) is 0 Å². The van der Waals surface area contributed by atoms with Crippen LogP contribution in [0.5, 0.6) is 0 Å². The minimum absolute atomic E-state index is 0.352. The first kappa shape index (κ1) is 13.6. The first-order valence-corrected chi connectivity index (χ1v) is 7.29. The Morgan fingerprint density at radius 2 is 1.67 bits per heavy atom.